The topological polar surface area (TPSA) is 269 Å². The van der Waals surface area contributed by atoms with Gasteiger partial charge < -0.3 is 78.5 Å². The molecule has 22 heteroatoms. The minimum absolute atomic E-state index is 0.0150. The molecule has 2 heterocycles. The number of carboxylic acids is 1. The molecule has 0 bridgehead atoms. The van der Waals surface area contributed by atoms with Crippen LogP contribution in [0.3, 0.4) is 0 Å². The lowest BCUT2D eigenvalue weighted by Gasteiger charge is -2.25. The standard InChI is InChI=1S/C52H80N6O16/c1-2-14-58(15-4-13-54-52(63)74-46-5-3-6-46)51(62)44-36-42-8-7-41(37-47(42)57-48(53)38-44)43-9-10-45(55-39-43)40-56-49(59)11-16-64-18-20-66-22-24-68-26-28-70-30-32-72-34-35-73-33-31-71-29-27-69-25-23-67-21-19-65-17-12-50(60)61/h7-10,36-37,39,46H,2-6,11-35,38,40H2,1H3,(H2,53,57)(H,54,63)(H,56,59)(H,60,61). The van der Waals surface area contributed by atoms with Crippen LogP contribution in [0.15, 0.2) is 47.1 Å². The monoisotopic (exact) mass is 1040 g/mol. The molecule has 74 heavy (non-hydrogen) atoms. The maximum absolute atomic E-state index is 13.7. The number of pyridine rings is 1. The van der Waals surface area contributed by atoms with Crippen molar-refractivity contribution in [3.8, 4) is 11.1 Å². The molecule has 1 saturated carbocycles. The van der Waals surface area contributed by atoms with E-state index >= 15 is 0 Å². The van der Waals surface area contributed by atoms with Crippen LogP contribution in [0.4, 0.5) is 10.5 Å². The highest BCUT2D eigenvalue weighted by atomic mass is 16.6. The molecule has 4 rings (SSSR count). The van der Waals surface area contributed by atoms with Gasteiger partial charge in [0, 0.05) is 55.4 Å². The Balaban J connectivity index is 0.931. The minimum Gasteiger partial charge on any atom is -0.481 e. The van der Waals surface area contributed by atoms with Gasteiger partial charge in [-0.05, 0) is 55.9 Å². The highest BCUT2D eigenvalue weighted by molar-refractivity contribution is 6.05. The van der Waals surface area contributed by atoms with Crippen LogP contribution >= 0.6 is 0 Å². The quantitative estimate of drug-likeness (QED) is 0.0681. The van der Waals surface area contributed by atoms with Crippen molar-refractivity contribution in [1.82, 2.24) is 20.5 Å². The maximum Gasteiger partial charge on any atom is 0.407 e. The number of carbonyl (C=O) groups is 4. The molecule has 0 atom stereocenters. The summed E-state index contributed by atoms with van der Waals surface area (Å²) in [6, 6.07) is 9.62. The summed E-state index contributed by atoms with van der Waals surface area (Å²) in [4.78, 5) is 59.6. The van der Waals surface area contributed by atoms with Crippen LogP contribution < -0.4 is 16.4 Å². The molecule has 2 aromatic rings. The van der Waals surface area contributed by atoms with Gasteiger partial charge in [-0.25, -0.2) is 9.79 Å². The zero-order chi connectivity index (χ0) is 52.7. The zero-order valence-corrected chi connectivity index (χ0v) is 43.2. The second-order valence-corrected chi connectivity index (χ2v) is 17.1. The predicted molar refractivity (Wildman–Crippen MR) is 274 cm³/mol. The first kappa shape index (κ1) is 61.4. The molecular formula is C52H80N6O16. The Labute approximate surface area is 435 Å². The van der Waals surface area contributed by atoms with E-state index in [0.29, 0.717) is 168 Å². The molecule has 1 aliphatic heterocycles. The van der Waals surface area contributed by atoms with Gasteiger partial charge in [-0.15, -0.1) is 0 Å². The summed E-state index contributed by atoms with van der Waals surface area (Å²) < 4.78 is 59.8. The Morgan fingerprint density at radius 2 is 1.18 bits per heavy atom. The largest absolute Gasteiger partial charge is 0.481 e. The third-order valence-electron chi connectivity index (χ3n) is 11.2. The van der Waals surface area contributed by atoms with Gasteiger partial charge in [-0.2, -0.15) is 0 Å². The third-order valence-corrected chi connectivity index (χ3v) is 11.2. The lowest BCUT2D eigenvalue weighted by atomic mass is 9.96. The Kier molecular flexibility index (Phi) is 32.6. The second-order valence-electron chi connectivity index (χ2n) is 17.1. The fourth-order valence-electron chi connectivity index (χ4n) is 7.02. The molecule has 22 nitrogen and oxygen atoms in total. The number of aliphatic carboxylic acids is 1. The number of nitrogens with zero attached hydrogens (tertiary/aromatic N) is 3. The van der Waals surface area contributed by atoms with Crippen LogP contribution in [0, 0.1) is 0 Å². The average molecular weight is 1050 g/mol. The Bertz CT molecular complexity index is 1950. The molecule has 1 aliphatic carbocycles. The summed E-state index contributed by atoms with van der Waals surface area (Å²) in [7, 11) is 0. The lowest BCUT2D eigenvalue weighted by Crippen LogP contribution is -2.37. The van der Waals surface area contributed by atoms with Crippen LogP contribution in [-0.2, 0) is 73.0 Å². The van der Waals surface area contributed by atoms with Gasteiger partial charge in [0.25, 0.3) is 0 Å². The van der Waals surface area contributed by atoms with Crippen LogP contribution in [0.1, 0.15) is 69.5 Å². The van der Waals surface area contributed by atoms with Crippen molar-refractivity contribution in [2.45, 2.75) is 70.9 Å². The number of ether oxygens (including phenoxy) is 11. The van der Waals surface area contributed by atoms with Crippen LogP contribution in [0.5, 0.6) is 0 Å². The number of nitrogens with two attached hydrogens (primary N) is 1. The van der Waals surface area contributed by atoms with Gasteiger partial charge in [0.1, 0.15) is 11.9 Å². The van der Waals surface area contributed by atoms with E-state index in [2.05, 4.69) is 20.6 Å². The minimum atomic E-state index is -0.884. The fraction of sp³-hybridized carbons (Fsp3) is 0.654. The number of benzene rings is 1. The second kappa shape index (κ2) is 39.3. The van der Waals surface area contributed by atoms with Crippen molar-refractivity contribution >= 4 is 41.5 Å². The van der Waals surface area contributed by atoms with E-state index in [1.165, 1.54) is 0 Å². The molecule has 0 spiro atoms. The molecule has 0 unspecified atom stereocenters. The number of hydrogen-bond acceptors (Lipinski definition) is 18. The summed E-state index contributed by atoms with van der Waals surface area (Å²) >= 11 is 0. The van der Waals surface area contributed by atoms with Gasteiger partial charge >= 0.3 is 12.1 Å². The Morgan fingerprint density at radius 3 is 1.65 bits per heavy atom. The molecule has 0 radical (unpaired) electrons. The predicted octanol–water partition coefficient (Wildman–Crippen LogP) is 4.08. The summed E-state index contributed by atoms with van der Waals surface area (Å²) in [5.74, 6) is -0.787. The number of carboxylic acid groups (broad SMARTS) is 1. The summed E-state index contributed by atoms with van der Waals surface area (Å²) in [6.45, 7) is 12.0. The average Bonchev–Trinajstić information content (AvgIpc) is 3.55. The number of alkyl carbamates (subject to hydrolysis) is 1. The maximum atomic E-state index is 13.7. The first-order valence-electron chi connectivity index (χ1n) is 25.8. The summed E-state index contributed by atoms with van der Waals surface area (Å²) in [6.07, 6.45) is 7.97. The Morgan fingerprint density at radius 1 is 0.662 bits per heavy atom. The van der Waals surface area contributed by atoms with Crippen LogP contribution in [-0.4, -0.2) is 203 Å². The van der Waals surface area contributed by atoms with Crippen LogP contribution in [0.2, 0.25) is 0 Å². The van der Waals surface area contributed by atoms with Crippen molar-refractivity contribution in [1.29, 1.82) is 0 Å². The number of nitrogens with one attached hydrogen (secondary N) is 2. The summed E-state index contributed by atoms with van der Waals surface area (Å²) in [5, 5.41) is 14.2. The smallest absolute Gasteiger partial charge is 0.407 e. The van der Waals surface area contributed by atoms with E-state index in [4.69, 9.17) is 62.9 Å². The number of hydrogen-bond donors (Lipinski definition) is 4. The number of aliphatic imine (C=N–C) groups is 1. The van der Waals surface area contributed by atoms with Crippen molar-refractivity contribution in [3.63, 3.8) is 0 Å². The van der Waals surface area contributed by atoms with Gasteiger partial charge in [0.15, 0.2) is 0 Å². The number of fused-ring (bicyclic) bond motifs is 1. The van der Waals surface area contributed by atoms with Crippen LogP contribution in [0.25, 0.3) is 17.2 Å². The Hall–Kier alpha value is -5.14. The molecule has 1 aromatic heterocycles. The first-order chi connectivity index (χ1) is 36.2. The van der Waals surface area contributed by atoms with E-state index in [0.717, 1.165) is 42.4 Å². The molecule has 1 fully saturated rings. The van der Waals surface area contributed by atoms with Crippen molar-refractivity contribution in [3.05, 3.63) is 53.4 Å². The molecular weight excluding hydrogens is 965 g/mol. The first-order valence-corrected chi connectivity index (χ1v) is 25.8. The SMILES string of the molecule is CCCN(CCCNC(=O)OC1CCC1)C(=O)C1=Cc2ccc(-c3ccc(CNC(=O)CCOCCOCCOCCOCCOCCOCCOCCOCCOCCOCCC(=O)O)nc3)cc2N=C(N)C1. The molecule has 414 valence electrons. The molecule has 5 N–H and O–H groups in total. The number of carbonyl (C=O) groups excluding carboxylic acids is 3. The van der Waals surface area contributed by atoms with E-state index in [-0.39, 0.29) is 56.9 Å². The number of amidine groups is 1. The van der Waals surface area contributed by atoms with Gasteiger partial charge in [0.05, 0.1) is 156 Å². The van der Waals surface area contributed by atoms with Gasteiger partial charge in [0.2, 0.25) is 11.8 Å². The molecule has 0 saturated heterocycles. The number of aromatic nitrogens is 1. The number of amides is 3. The molecule has 3 amide bonds. The highest BCUT2D eigenvalue weighted by Gasteiger charge is 2.23. The van der Waals surface area contributed by atoms with Gasteiger partial charge in [-0.3, -0.25) is 19.4 Å². The normalized spacial score (nSPS) is 13.3. The van der Waals surface area contributed by atoms with E-state index < -0.39 is 12.1 Å². The van der Waals surface area contributed by atoms with Crippen molar-refractivity contribution in [2.24, 2.45) is 10.7 Å². The molecule has 1 aromatic carbocycles. The fourth-order valence-corrected chi connectivity index (χ4v) is 7.02. The molecule has 2 aliphatic rings. The van der Waals surface area contributed by atoms with E-state index in [1.807, 2.05) is 43.3 Å². The summed E-state index contributed by atoms with van der Waals surface area (Å²) in [5.41, 5.74) is 10.8. The lowest BCUT2D eigenvalue weighted by molar-refractivity contribution is -0.138. The third kappa shape index (κ3) is 28.0. The highest BCUT2D eigenvalue weighted by Crippen LogP contribution is 2.32. The van der Waals surface area contributed by atoms with Crippen molar-refractivity contribution in [2.75, 3.05) is 152 Å². The van der Waals surface area contributed by atoms with E-state index in [1.54, 1.807) is 11.1 Å². The zero-order valence-electron chi connectivity index (χ0n) is 43.2. The van der Waals surface area contributed by atoms with Crippen molar-refractivity contribution < 1.29 is 76.4 Å². The number of rotatable bonds is 44. The van der Waals surface area contributed by atoms with E-state index in [9.17, 15) is 19.2 Å². The van der Waals surface area contributed by atoms with Gasteiger partial charge in [-0.1, -0.05) is 25.1 Å².